The van der Waals surface area contributed by atoms with Crippen LogP contribution in [0, 0.1) is 5.41 Å². The van der Waals surface area contributed by atoms with Gasteiger partial charge in [-0.25, -0.2) is 0 Å². The molecule has 0 saturated carbocycles. The van der Waals surface area contributed by atoms with Gasteiger partial charge in [0.15, 0.2) is 0 Å². The van der Waals surface area contributed by atoms with E-state index in [0.29, 0.717) is 5.41 Å². The Hall–Kier alpha value is -0.780. The summed E-state index contributed by atoms with van der Waals surface area (Å²) in [6.07, 6.45) is 1.27. The molecule has 0 aliphatic heterocycles. The first-order valence-electron chi connectivity index (χ1n) is 5.56. The van der Waals surface area contributed by atoms with E-state index < -0.39 is 0 Å². The Morgan fingerprint density at radius 2 is 0.857 bits per heavy atom. The molecule has 0 aromatic heterocycles. The van der Waals surface area contributed by atoms with Crippen LogP contribution in [0.25, 0.3) is 0 Å². The van der Waals surface area contributed by atoms with Gasteiger partial charge in [-0.2, -0.15) is 0 Å². The van der Waals surface area contributed by atoms with Crippen LogP contribution in [0.4, 0.5) is 0 Å². The second kappa shape index (κ2) is 10.3. The zero-order valence-corrected chi connectivity index (χ0v) is 10.7. The predicted molar refractivity (Wildman–Crippen MR) is 67.5 cm³/mol. The second-order valence-corrected chi connectivity index (χ2v) is 4.07. The highest BCUT2D eigenvalue weighted by atomic mass is 14.1. The van der Waals surface area contributed by atoms with Crippen molar-refractivity contribution in [2.24, 2.45) is 5.41 Å². The average molecular weight is 194 g/mol. The van der Waals surface area contributed by atoms with E-state index in [1.54, 1.807) is 0 Å². The Balaban J connectivity index is 0. The summed E-state index contributed by atoms with van der Waals surface area (Å²) in [5.41, 5.74) is 0.542. The summed E-state index contributed by atoms with van der Waals surface area (Å²) in [5.74, 6) is 0. The zero-order chi connectivity index (χ0) is 11.4. The van der Waals surface area contributed by atoms with Gasteiger partial charge in [0.25, 0.3) is 0 Å². The highest BCUT2D eigenvalue weighted by molar-refractivity contribution is 4.99. The number of hydrogen-bond donors (Lipinski definition) is 0. The van der Waals surface area contributed by atoms with E-state index >= 15 is 0 Å². The Labute approximate surface area is 90.4 Å². The van der Waals surface area contributed by atoms with E-state index in [-0.39, 0.29) is 0 Å². The highest BCUT2D eigenvalue weighted by Gasteiger charge is 2.03. The van der Waals surface area contributed by atoms with Gasteiger partial charge in [0.2, 0.25) is 0 Å². The highest BCUT2D eigenvalue weighted by Crippen LogP contribution is 2.16. The van der Waals surface area contributed by atoms with Crippen LogP contribution in [0.3, 0.4) is 0 Å². The molecule has 82 valence electrons. The summed E-state index contributed by atoms with van der Waals surface area (Å²) in [7, 11) is 0. The van der Waals surface area contributed by atoms with Crippen LogP contribution < -0.4 is 0 Å². The van der Waals surface area contributed by atoms with Crippen LogP contribution in [0.1, 0.15) is 48.0 Å². The first-order chi connectivity index (χ1) is 6.56. The molecule has 0 heterocycles. The fraction of sp³-hybridized carbons (Fsp3) is 0.571. The summed E-state index contributed by atoms with van der Waals surface area (Å²) in [6, 6.07) is 12.0. The molecule has 0 spiro atoms. The lowest BCUT2D eigenvalue weighted by Gasteiger charge is -2.12. The second-order valence-electron chi connectivity index (χ2n) is 4.07. The molecule has 0 N–H and O–H groups in total. The van der Waals surface area contributed by atoms with Gasteiger partial charge in [0.1, 0.15) is 0 Å². The molecular weight excluding hydrogens is 168 g/mol. The van der Waals surface area contributed by atoms with Crippen LogP contribution in [0.5, 0.6) is 0 Å². The molecule has 14 heavy (non-hydrogen) atoms. The third kappa shape index (κ3) is 17.3. The van der Waals surface area contributed by atoms with Crippen LogP contribution in [-0.4, -0.2) is 0 Å². The number of rotatable bonds is 0. The van der Waals surface area contributed by atoms with Crippen LogP contribution in [-0.2, 0) is 0 Å². The van der Waals surface area contributed by atoms with Crippen molar-refractivity contribution in [1.29, 1.82) is 0 Å². The minimum atomic E-state index is 0.542. The van der Waals surface area contributed by atoms with Crippen molar-refractivity contribution in [1.82, 2.24) is 0 Å². The van der Waals surface area contributed by atoms with E-state index in [0.717, 1.165) is 0 Å². The molecule has 0 nitrogen and oxygen atoms in total. The fourth-order valence-electron chi connectivity index (χ4n) is 0.385. The summed E-state index contributed by atoms with van der Waals surface area (Å²) < 4.78 is 0. The van der Waals surface area contributed by atoms with Gasteiger partial charge in [-0.3, -0.25) is 0 Å². The molecular formula is C14H26. The minimum absolute atomic E-state index is 0.542. The quantitative estimate of drug-likeness (QED) is 0.535. The zero-order valence-electron chi connectivity index (χ0n) is 10.7. The van der Waals surface area contributed by atoms with Gasteiger partial charge in [-0.1, -0.05) is 84.4 Å². The molecule has 0 amide bonds. The Kier molecular flexibility index (Phi) is 11.5. The summed E-state index contributed by atoms with van der Waals surface area (Å²) >= 11 is 0. The maximum atomic E-state index is 2.24. The third-order valence-corrected chi connectivity index (χ3v) is 1.73. The Morgan fingerprint density at radius 3 is 0.929 bits per heavy atom. The maximum absolute atomic E-state index is 2.24. The molecule has 0 aliphatic rings. The van der Waals surface area contributed by atoms with Gasteiger partial charge >= 0.3 is 0 Å². The van der Waals surface area contributed by atoms with Crippen molar-refractivity contribution in [2.75, 3.05) is 0 Å². The standard InChI is InChI=1S/C6H6.C6H14.C2H6/c1-2-4-6-5-3-1;1-5-6(2,3)4;1-2/h1-6H;5H2,1-4H3;1-2H3. The first-order valence-corrected chi connectivity index (χ1v) is 5.56. The summed E-state index contributed by atoms with van der Waals surface area (Å²) in [4.78, 5) is 0. The fourth-order valence-corrected chi connectivity index (χ4v) is 0.385. The molecule has 1 aromatic carbocycles. The predicted octanol–water partition coefficient (Wildman–Crippen LogP) is 5.16. The molecule has 0 radical (unpaired) electrons. The lowest BCUT2D eigenvalue weighted by Crippen LogP contribution is -2.00. The van der Waals surface area contributed by atoms with Gasteiger partial charge in [-0.05, 0) is 5.41 Å². The molecule has 0 saturated heterocycles. The minimum Gasteiger partial charge on any atom is -0.0683 e. The van der Waals surface area contributed by atoms with E-state index in [1.807, 2.05) is 50.2 Å². The lowest BCUT2D eigenvalue weighted by molar-refractivity contribution is 0.398. The van der Waals surface area contributed by atoms with Gasteiger partial charge < -0.3 is 0 Å². The number of benzene rings is 1. The van der Waals surface area contributed by atoms with Gasteiger partial charge in [-0.15, -0.1) is 0 Å². The van der Waals surface area contributed by atoms with Gasteiger partial charge in [0.05, 0.1) is 0 Å². The first kappa shape index (κ1) is 15.7. The SMILES string of the molecule is CC.CCC(C)(C)C.c1ccccc1. The van der Waals surface area contributed by atoms with Crippen LogP contribution >= 0.6 is 0 Å². The molecule has 1 aromatic rings. The maximum Gasteiger partial charge on any atom is -0.0385 e. The molecule has 0 bridgehead atoms. The van der Waals surface area contributed by atoms with Gasteiger partial charge in [0, 0.05) is 0 Å². The normalized spacial score (nSPS) is 9.00. The van der Waals surface area contributed by atoms with Crippen molar-refractivity contribution in [2.45, 2.75) is 48.0 Å². The largest absolute Gasteiger partial charge is 0.0683 e. The number of hydrogen-bond acceptors (Lipinski definition) is 0. The topological polar surface area (TPSA) is 0 Å². The van der Waals surface area contributed by atoms with Crippen LogP contribution in [0.2, 0.25) is 0 Å². The monoisotopic (exact) mass is 194 g/mol. The molecule has 0 fully saturated rings. The molecule has 0 atom stereocenters. The lowest BCUT2D eigenvalue weighted by atomic mass is 9.94. The average Bonchev–Trinajstić information content (AvgIpc) is 2.23. The Bertz CT molecular complexity index is 142. The van der Waals surface area contributed by atoms with Crippen LogP contribution in [0.15, 0.2) is 36.4 Å². The van der Waals surface area contributed by atoms with Crippen molar-refractivity contribution in [3.05, 3.63) is 36.4 Å². The van der Waals surface area contributed by atoms with Crippen molar-refractivity contribution in [3.63, 3.8) is 0 Å². The van der Waals surface area contributed by atoms with E-state index in [2.05, 4.69) is 27.7 Å². The van der Waals surface area contributed by atoms with Crippen molar-refractivity contribution < 1.29 is 0 Å². The molecule has 1 rings (SSSR count). The van der Waals surface area contributed by atoms with E-state index in [4.69, 9.17) is 0 Å². The Morgan fingerprint density at radius 1 is 0.714 bits per heavy atom. The third-order valence-electron chi connectivity index (χ3n) is 1.73. The molecule has 0 aliphatic carbocycles. The molecule has 0 unspecified atom stereocenters. The smallest absolute Gasteiger partial charge is 0.0385 e. The van der Waals surface area contributed by atoms with Crippen molar-refractivity contribution in [3.8, 4) is 0 Å². The van der Waals surface area contributed by atoms with E-state index in [1.165, 1.54) is 6.42 Å². The van der Waals surface area contributed by atoms with E-state index in [9.17, 15) is 0 Å². The van der Waals surface area contributed by atoms with Crippen molar-refractivity contribution >= 4 is 0 Å². The summed E-state index contributed by atoms with van der Waals surface area (Å²) in [6.45, 7) is 12.9. The molecule has 0 heteroatoms. The summed E-state index contributed by atoms with van der Waals surface area (Å²) in [5, 5.41) is 0.